The van der Waals surface area contributed by atoms with E-state index in [1.54, 1.807) is 0 Å². The Morgan fingerprint density at radius 3 is 1.56 bits per heavy atom. The van der Waals surface area contributed by atoms with Crippen molar-refractivity contribution in [2.75, 3.05) is 5.84 Å². The van der Waals surface area contributed by atoms with Gasteiger partial charge in [0.1, 0.15) is 0 Å². The van der Waals surface area contributed by atoms with Gasteiger partial charge >= 0.3 is 0 Å². The third kappa shape index (κ3) is 4.09. The van der Waals surface area contributed by atoms with Crippen molar-refractivity contribution >= 4 is 65.4 Å². The van der Waals surface area contributed by atoms with Gasteiger partial charge in [0.2, 0.25) is 0 Å². The first-order valence-corrected chi connectivity index (χ1v) is 17.7. The van der Waals surface area contributed by atoms with E-state index in [0.717, 1.165) is 38.9 Å². The van der Waals surface area contributed by atoms with E-state index < -0.39 is 0 Å². The number of aromatic nitrogens is 3. The molecule has 0 aliphatic heterocycles. The molecule has 0 atom stereocenters. The van der Waals surface area contributed by atoms with Crippen LogP contribution in [0, 0.1) is 0 Å². The van der Waals surface area contributed by atoms with Crippen molar-refractivity contribution in [3.05, 3.63) is 182 Å². The van der Waals surface area contributed by atoms with Gasteiger partial charge < -0.3 is 15.0 Å². The van der Waals surface area contributed by atoms with Gasteiger partial charge in [-0.1, -0.05) is 115 Å². The number of hydrogen-bond donors (Lipinski definition) is 1. The molecule has 11 rings (SSSR count). The van der Waals surface area contributed by atoms with Crippen LogP contribution in [0.1, 0.15) is 0 Å². The molecule has 3 aromatic heterocycles. The zero-order valence-corrected chi connectivity index (χ0v) is 28.2. The van der Waals surface area contributed by atoms with Crippen molar-refractivity contribution in [1.29, 1.82) is 0 Å². The highest BCUT2D eigenvalue weighted by atomic mass is 15.3. The third-order valence-corrected chi connectivity index (χ3v) is 10.8. The molecular weight excluding hydrogens is 633 g/mol. The number of hydrogen-bond acceptors (Lipinski definition) is 1. The van der Waals surface area contributed by atoms with Gasteiger partial charge in [0.05, 0.1) is 33.1 Å². The Morgan fingerprint density at radius 2 is 0.827 bits per heavy atom. The molecule has 3 heterocycles. The molecule has 244 valence electrons. The van der Waals surface area contributed by atoms with Crippen LogP contribution in [0.4, 0.5) is 0 Å². The molecule has 0 aliphatic carbocycles. The molecule has 0 bridgehead atoms. The zero-order valence-electron chi connectivity index (χ0n) is 28.2. The molecular formula is C48H32N4. The van der Waals surface area contributed by atoms with Crippen LogP contribution in [-0.2, 0) is 0 Å². The summed E-state index contributed by atoms with van der Waals surface area (Å²) in [5.41, 5.74) is 13.8. The topological polar surface area (TPSA) is 40.8 Å². The maximum absolute atomic E-state index is 6.64. The summed E-state index contributed by atoms with van der Waals surface area (Å²) in [5.74, 6) is 6.64. The lowest BCUT2D eigenvalue weighted by Gasteiger charge is -2.10. The number of fused-ring (bicyclic) bond motifs is 9. The monoisotopic (exact) mass is 664 g/mol. The van der Waals surface area contributed by atoms with Crippen LogP contribution in [0.25, 0.3) is 99.0 Å². The smallest absolute Gasteiger partial charge is 0.0709 e. The highest BCUT2D eigenvalue weighted by Crippen LogP contribution is 2.42. The molecule has 4 nitrogen and oxygen atoms in total. The van der Waals surface area contributed by atoms with E-state index in [0.29, 0.717) is 0 Å². The van der Waals surface area contributed by atoms with Crippen LogP contribution in [0.5, 0.6) is 0 Å². The number of rotatable bonds is 4. The summed E-state index contributed by atoms with van der Waals surface area (Å²) in [6.07, 6.45) is 0. The maximum atomic E-state index is 6.64. The summed E-state index contributed by atoms with van der Waals surface area (Å²) < 4.78 is 6.60. The second-order valence-corrected chi connectivity index (χ2v) is 13.6. The molecule has 4 heteroatoms. The minimum atomic E-state index is 1.02. The minimum Gasteiger partial charge on any atom is -0.339 e. The van der Waals surface area contributed by atoms with Crippen LogP contribution >= 0.6 is 0 Å². The van der Waals surface area contributed by atoms with Gasteiger partial charge in [0.25, 0.3) is 0 Å². The number of para-hydroxylation sites is 4. The second kappa shape index (κ2) is 11.0. The lowest BCUT2D eigenvalue weighted by molar-refractivity contribution is 1.12. The summed E-state index contributed by atoms with van der Waals surface area (Å²) in [6.45, 7) is 0. The van der Waals surface area contributed by atoms with Crippen LogP contribution in [0.15, 0.2) is 182 Å². The molecule has 0 saturated carbocycles. The minimum absolute atomic E-state index is 1.02. The highest BCUT2D eigenvalue weighted by molar-refractivity contribution is 6.18. The second-order valence-electron chi connectivity index (χ2n) is 13.6. The Labute approximate surface area is 299 Å². The standard InChI is InChI=1S/C48H32N4/c49-52-44-20-10-8-16-37(44)39-25-22-32(30-47(39)52)31-23-26-40-46(29-31)51(35-14-5-2-6-15-35)45-21-11-18-36(48(40)45)33-24-27-43-41(28-33)38-17-7-9-19-42(38)50(43)34-12-3-1-4-13-34/h1-30H,49H2. The molecule has 11 aromatic rings. The van der Waals surface area contributed by atoms with Gasteiger partial charge in [-0.05, 0) is 89.0 Å². The quantitative estimate of drug-likeness (QED) is 0.187. The summed E-state index contributed by atoms with van der Waals surface area (Å²) >= 11 is 0. The van der Waals surface area contributed by atoms with E-state index in [9.17, 15) is 0 Å². The Hall–Kier alpha value is -7.04. The van der Waals surface area contributed by atoms with Gasteiger partial charge in [-0.2, -0.15) is 0 Å². The normalized spacial score (nSPS) is 11.9. The van der Waals surface area contributed by atoms with Crippen LogP contribution < -0.4 is 5.84 Å². The van der Waals surface area contributed by atoms with Gasteiger partial charge in [-0.15, -0.1) is 0 Å². The van der Waals surface area contributed by atoms with E-state index in [4.69, 9.17) is 5.84 Å². The number of nitrogen functional groups attached to an aromatic ring is 1. The fourth-order valence-electron chi connectivity index (χ4n) is 8.52. The molecule has 0 unspecified atom stereocenters. The van der Waals surface area contributed by atoms with Crippen LogP contribution in [0.3, 0.4) is 0 Å². The number of nitrogens with zero attached hydrogens (tertiary/aromatic N) is 3. The summed E-state index contributed by atoms with van der Waals surface area (Å²) in [4.78, 5) is 0. The van der Waals surface area contributed by atoms with Crippen molar-refractivity contribution in [3.8, 4) is 33.6 Å². The van der Waals surface area contributed by atoms with Crippen LogP contribution in [-0.4, -0.2) is 13.8 Å². The predicted octanol–water partition coefficient (Wildman–Crippen LogP) is 12.0. The average Bonchev–Trinajstić information content (AvgIpc) is 3.83. The zero-order chi connectivity index (χ0) is 34.3. The summed E-state index contributed by atoms with van der Waals surface area (Å²) in [6, 6.07) is 65.6. The first-order valence-electron chi connectivity index (χ1n) is 17.7. The van der Waals surface area contributed by atoms with Gasteiger partial charge in [-0.25, -0.2) is 0 Å². The Bertz CT molecular complexity index is 3180. The molecule has 0 saturated heterocycles. The molecule has 0 fully saturated rings. The Morgan fingerprint density at radius 1 is 0.308 bits per heavy atom. The van der Waals surface area contributed by atoms with E-state index in [1.807, 2.05) is 10.7 Å². The summed E-state index contributed by atoms with van der Waals surface area (Å²) in [7, 11) is 0. The predicted molar refractivity (Wildman–Crippen MR) is 219 cm³/mol. The van der Waals surface area contributed by atoms with E-state index in [1.165, 1.54) is 60.1 Å². The molecule has 0 aliphatic rings. The Kier molecular flexibility index (Phi) is 6.07. The van der Waals surface area contributed by atoms with Crippen LogP contribution in [0.2, 0.25) is 0 Å². The molecule has 52 heavy (non-hydrogen) atoms. The SMILES string of the molecule is Nn1c2ccccc2c2ccc(-c3ccc4c5c(-c6ccc7c(c6)c6ccccc6n7-c6ccccc6)cccc5n(-c5ccccc5)c4c3)cc21. The van der Waals surface area contributed by atoms with Crippen molar-refractivity contribution in [2.24, 2.45) is 0 Å². The molecule has 0 amide bonds. The van der Waals surface area contributed by atoms with Gasteiger partial charge in [0.15, 0.2) is 0 Å². The van der Waals surface area contributed by atoms with Gasteiger partial charge in [0, 0.05) is 43.7 Å². The first-order chi connectivity index (χ1) is 25.7. The molecule has 0 spiro atoms. The van der Waals surface area contributed by atoms with E-state index in [-0.39, 0.29) is 0 Å². The molecule has 0 radical (unpaired) electrons. The van der Waals surface area contributed by atoms with Crippen molar-refractivity contribution in [1.82, 2.24) is 13.8 Å². The Balaban J connectivity index is 1.15. The van der Waals surface area contributed by atoms with Crippen molar-refractivity contribution in [2.45, 2.75) is 0 Å². The fourth-order valence-corrected chi connectivity index (χ4v) is 8.52. The highest BCUT2D eigenvalue weighted by Gasteiger charge is 2.19. The lowest BCUT2D eigenvalue weighted by Crippen LogP contribution is -2.06. The van der Waals surface area contributed by atoms with Crippen molar-refractivity contribution in [3.63, 3.8) is 0 Å². The lowest BCUT2D eigenvalue weighted by atomic mass is 9.96. The maximum Gasteiger partial charge on any atom is 0.0709 e. The summed E-state index contributed by atoms with van der Waals surface area (Å²) in [5, 5.41) is 7.29. The van der Waals surface area contributed by atoms with E-state index >= 15 is 0 Å². The number of benzene rings is 8. The van der Waals surface area contributed by atoms with E-state index in [2.05, 4.69) is 185 Å². The average molecular weight is 665 g/mol. The largest absolute Gasteiger partial charge is 0.339 e. The molecule has 8 aromatic carbocycles. The fraction of sp³-hybridized carbons (Fsp3) is 0. The molecule has 2 N–H and O–H groups in total. The first kappa shape index (κ1) is 28.8. The van der Waals surface area contributed by atoms with Crippen molar-refractivity contribution < 1.29 is 0 Å². The van der Waals surface area contributed by atoms with Gasteiger partial charge in [-0.3, -0.25) is 4.68 Å². The third-order valence-electron chi connectivity index (χ3n) is 10.8. The number of nitrogens with two attached hydrogens (primary N) is 1.